The van der Waals surface area contributed by atoms with Crippen LogP contribution in [0.25, 0.3) is 0 Å². The van der Waals surface area contributed by atoms with E-state index < -0.39 is 0 Å². The summed E-state index contributed by atoms with van der Waals surface area (Å²) < 4.78 is 5.66. The number of pyridine rings is 1. The zero-order chi connectivity index (χ0) is 15.5. The molecule has 2 aromatic rings. The molecule has 0 unspecified atom stereocenters. The van der Waals surface area contributed by atoms with E-state index in [1.54, 1.807) is 47.5 Å². The van der Waals surface area contributed by atoms with Gasteiger partial charge in [-0.1, -0.05) is 23.7 Å². The third kappa shape index (κ3) is 2.74. The summed E-state index contributed by atoms with van der Waals surface area (Å²) in [5.74, 6) is 0.187. The molecule has 1 aromatic carbocycles. The molecule has 22 heavy (non-hydrogen) atoms. The van der Waals surface area contributed by atoms with Crippen LogP contribution in [0.5, 0.6) is 5.88 Å². The summed E-state index contributed by atoms with van der Waals surface area (Å²) in [5.41, 5.74) is 0.872. The lowest BCUT2D eigenvalue weighted by molar-refractivity contribution is 0.0159. The minimum absolute atomic E-state index is 0.119. The fraction of sp³-hybridized carbons (Fsp3) is 0.188. The van der Waals surface area contributed by atoms with Crippen LogP contribution in [0.15, 0.2) is 42.6 Å². The summed E-state index contributed by atoms with van der Waals surface area (Å²) in [7, 11) is 0. The van der Waals surface area contributed by atoms with Crippen LogP contribution >= 0.6 is 11.6 Å². The summed E-state index contributed by atoms with van der Waals surface area (Å²) in [6.07, 6.45) is 1.41. The Morgan fingerprint density at radius 1 is 1.32 bits per heavy atom. The monoisotopic (exact) mass is 313 g/mol. The lowest BCUT2D eigenvalue weighted by atomic mass is 10.1. The molecular weight excluding hydrogens is 302 g/mol. The third-order valence-electron chi connectivity index (χ3n) is 3.41. The van der Waals surface area contributed by atoms with Gasteiger partial charge in [0.2, 0.25) is 5.88 Å². The zero-order valence-electron chi connectivity index (χ0n) is 11.6. The van der Waals surface area contributed by atoms with Crippen molar-refractivity contribution < 1.29 is 9.53 Å². The number of hydrogen-bond acceptors (Lipinski definition) is 4. The maximum Gasteiger partial charge on any atom is 0.255 e. The second kappa shape index (κ2) is 6.04. The van der Waals surface area contributed by atoms with Gasteiger partial charge in [0.05, 0.1) is 23.7 Å². The van der Waals surface area contributed by atoms with Gasteiger partial charge in [0.25, 0.3) is 5.91 Å². The Kier molecular flexibility index (Phi) is 3.94. The molecule has 1 saturated heterocycles. The Morgan fingerprint density at radius 3 is 2.82 bits per heavy atom. The average Bonchev–Trinajstić information content (AvgIpc) is 2.50. The van der Waals surface area contributed by atoms with Crippen molar-refractivity contribution in [2.75, 3.05) is 13.1 Å². The minimum atomic E-state index is -0.159. The van der Waals surface area contributed by atoms with Crippen LogP contribution in [0.3, 0.4) is 0 Å². The van der Waals surface area contributed by atoms with Crippen LogP contribution in [0.2, 0.25) is 5.02 Å². The Hall–Kier alpha value is -2.58. The summed E-state index contributed by atoms with van der Waals surface area (Å²) in [5, 5.41) is 9.43. The highest BCUT2D eigenvalue weighted by atomic mass is 35.5. The molecule has 0 saturated carbocycles. The van der Waals surface area contributed by atoms with E-state index in [0.29, 0.717) is 35.1 Å². The Labute approximate surface area is 132 Å². The first-order valence-electron chi connectivity index (χ1n) is 6.74. The molecule has 1 aliphatic rings. The highest BCUT2D eigenvalue weighted by Gasteiger charge is 2.34. The van der Waals surface area contributed by atoms with Crippen molar-refractivity contribution >= 4 is 17.5 Å². The summed E-state index contributed by atoms with van der Waals surface area (Å²) in [4.78, 5) is 18.0. The van der Waals surface area contributed by atoms with E-state index in [0.717, 1.165) is 0 Å². The number of carbonyl (C=O) groups excluding carboxylic acids is 1. The van der Waals surface area contributed by atoms with E-state index in [2.05, 4.69) is 4.98 Å². The smallest absolute Gasteiger partial charge is 0.255 e. The van der Waals surface area contributed by atoms with Crippen LogP contribution in [-0.2, 0) is 0 Å². The van der Waals surface area contributed by atoms with Crippen molar-refractivity contribution in [3.8, 4) is 11.9 Å². The summed E-state index contributed by atoms with van der Waals surface area (Å²) in [6, 6.07) is 12.3. The molecular formula is C16H12ClN3O2. The van der Waals surface area contributed by atoms with Gasteiger partial charge in [-0.15, -0.1) is 0 Å². The fourth-order valence-corrected chi connectivity index (χ4v) is 2.43. The van der Waals surface area contributed by atoms with E-state index in [9.17, 15) is 4.79 Å². The number of benzene rings is 1. The largest absolute Gasteiger partial charge is 0.470 e. The van der Waals surface area contributed by atoms with Crippen molar-refractivity contribution in [1.82, 2.24) is 9.88 Å². The predicted molar refractivity (Wildman–Crippen MR) is 80.7 cm³/mol. The van der Waals surface area contributed by atoms with Gasteiger partial charge in [0.1, 0.15) is 17.7 Å². The van der Waals surface area contributed by atoms with E-state index in [1.165, 1.54) is 0 Å². The molecule has 0 atom stereocenters. The van der Waals surface area contributed by atoms with Gasteiger partial charge in [0, 0.05) is 6.20 Å². The quantitative estimate of drug-likeness (QED) is 0.873. The van der Waals surface area contributed by atoms with E-state index >= 15 is 0 Å². The maximum atomic E-state index is 12.3. The molecule has 0 radical (unpaired) electrons. The van der Waals surface area contributed by atoms with Gasteiger partial charge in [-0.3, -0.25) is 4.79 Å². The number of ether oxygens (including phenoxy) is 1. The second-order valence-electron chi connectivity index (χ2n) is 4.90. The fourth-order valence-electron chi connectivity index (χ4n) is 2.21. The van der Waals surface area contributed by atoms with Gasteiger partial charge < -0.3 is 9.64 Å². The number of carbonyl (C=O) groups is 1. The molecule has 1 aliphatic heterocycles. The topological polar surface area (TPSA) is 66.2 Å². The molecule has 0 bridgehead atoms. The van der Waals surface area contributed by atoms with Gasteiger partial charge in [-0.2, -0.15) is 5.26 Å². The predicted octanol–water partition coefficient (Wildman–Crippen LogP) is 2.51. The van der Waals surface area contributed by atoms with E-state index in [-0.39, 0.29) is 12.0 Å². The van der Waals surface area contributed by atoms with Crippen molar-refractivity contribution in [3.63, 3.8) is 0 Å². The summed E-state index contributed by atoms with van der Waals surface area (Å²) >= 11 is 6.03. The lowest BCUT2D eigenvalue weighted by Crippen LogP contribution is -2.56. The van der Waals surface area contributed by atoms with Crippen LogP contribution in [0.4, 0.5) is 0 Å². The molecule has 1 aromatic heterocycles. The number of rotatable bonds is 3. The number of nitrogens with zero attached hydrogens (tertiary/aromatic N) is 3. The van der Waals surface area contributed by atoms with Gasteiger partial charge in [-0.05, 0) is 24.3 Å². The number of hydrogen-bond donors (Lipinski definition) is 0. The van der Waals surface area contributed by atoms with Crippen LogP contribution in [0.1, 0.15) is 15.9 Å². The highest BCUT2D eigenvalue weighted by Crippen LogP contribution is 2.23. The normalized spacial score (nSPS) is 14.1. The number of amides is 1. The first kappa shape index (κ1) is 14.4. The molecule has 0 spiro atoms. The number of nitriles is 1. The average molecular weight is 314 g/mol. The zero-order valence-corrected chi connectivity index (χ0v) is 12.3. The van der Waals surface area contributed by atoms with Gasteiger partial charge in [0.15, 0.2) is 0 Å². The Balaban J connectivity index is 1.62. The molecule has 2 heterocycles. The van der Waals surface area contributed by atoms with Crippen LogP contribution in [-0.4, -0.2) is 35.0 Å². The Bertz CT molecular complexity index is 751. The van der Waals surface area contributed by atoms with Crippen molar-refractivity contribution in [2.24, 2.45) is 0 Å². The molecule has 3 rings (SSSR count). The molecule has 0 aliphatic carbocycles. The first-order valence-corrected chi connectivity index (χ1v) is 7.12. The lowest BCUT2D eigenvalue weighted by Gasteiger charge is -2.38. The molecule has 110 valence electrons. The van der Waals surface area contributed by atoms with Crippen molar-refractivity contribution in [2.45, 2.75) is 6.10 Å². The number of halogens is 1. The molecule has 5 nitrogen and oxygen atoms in total. The molecule has 6 heteroatoms. The second-order valence-corrected chi connectivity index (χ2v) is 5.30. The Morgan fingerprint density at radius 2 is 2.09 bits per heavy atom. The molecule has 1 fully saturated rings. The minimum Gasteiger partial charge on any atom is -0.470 e. The third-order valence-corrected chi connectivity index (χ3v) is 3.74. The molecule has 1 amide bonds. The van der Waals surface area contributed by atoms with E-state index in [1.807, 2.05) is 6.07 Å². The maximum absolute atomic E-state index is 12.3. The number of likely N-dealkylation sites (tertiary alicyclic amines) is 1. The highest BCUT2D eigenvalue weighted by molar-refractivity contribution is 6.33. The number of aromatic nitrogens is 1. The summed E-state index contributed by atoms with van der Waals surface area (Å²) in [6.45, 7) is 0.900. The van der Waals surface area contributed by atoms with Crippen molar-refractivity contribution in [1.29, 1.82) is 5.26 Å². The first-order chi connectivity index (χ1) is 10.7. The van der Waals surface area contributed by atoms with Crippen LogP contribution < -0.4 is 4.74 Å². The standard InChI is InChI=1S/C16H12ClN3O2/c17-14-6-2-1-5-13(14)16(21)20-9-12(10-20)22-15-11(8-18)4-3-7-19-15/h1-7,12H,9-10H2. The van der Waals surface area contributed by atoms with E-state index in [4.69, 9.17) is 21.6 Å². The SMILES string of the molecule is N#Cc1cccnc1OC1CN(C(=O)c2ccccc2Cl)C1. The molecule has 0 N–H and O–H groups in total. The van der Waals surface area contributed by atoms with Crippen molar-refractivity contribution in [3.05, 3.63) is 58.7 Å². The van der Waals surface area contributed by atoms with Gasteiger partial charge >= 0.3 is 0 Å². The van der Waals surface area contributed by atoms with Gasteiger partial charge in [-0.25, -0.2) is 4.98 Å². The van der Waals surface area contributed by atoms with Crippen LogP contribution in [0, 0.1) is 11.3 Å².